The summed E-state index contributed by atoms with van der Waals surface area (Å²) < 4.78 is 31.1. The number of hydrogen-bond acceptors (Lipinski definition) is 9. The van der Waals surface area contributed by atoms with E-state index in [1.54, 1.807) is 0 Å². The molecular weight excluding hydrogens is 324 g/mol. The summed E-state index contributed by atoms with van der Waals surface area (Å²) in [6.45, 7) is 3.44. The second kappa shape index (κ2) is 11.8. The molecule has 0 heterocycles. The minimum Gasteiger partial charge on any atom is -0.463 e. The molecule has 0 radical (unpaired) electrons. The van der Waals surface area contributed by atoms with Gasteiger partial charge in [-0.05, 0) is 0 Å². The van der Waals surface area contributed by atoms with Crippen LogP contribution < -0.4 is 0 Å². The largest absolute Gasteiger partial charge is 0.463 e. The predicted octanol–water partition coefficient (Wildman–Crippen LogP) is 0.0893. The van der Waals surface area contributed by atoms with Gasteiger partial charge in [0.05, 0.1) is 0 Å². The molecule has 0 aromatic rings. The molecule has 0 N–H and O–H groups in total. The van der Waals surface area contributed by atoms with E-state index in [9.17, 15) is 14.4 Å². The van der Waals surface area contributed by atoms with E-state index in [1.165, 1.54) is 42.1 Å². The monoisotopic (exact) mass is 350 g/mol. The Morgan fingerprint density at radius 1 is 0.667 bits per heavy atom. The first-order chi connectivity index (χ1) is 11.3. The Balaban J connectivity index is 5.26. The highest BCUT2D eigenvalue weighted by Crippen LogP contribution is 2.18. The number of carbonyl (C=O) groups is 3. The van der Waals surface area contributed by atoms with Crippen molar-refractivity contribution in [2.45, 2.75) is 45.2 Å². The van der Waals surface area contributed by atoms with E-state index in [2.05, 4.69) is 0 Å². The van der Waals surface area contributed by atoms with Gasteiger partial charge >= 0.3 is 17.9 Å². The third kappa shape index (κ3) is 8.23. The maximum Gasteiger partial charge on any atom is 0.303 e. The predicted molar refractivity (Wildman–Crippen MR) is 81.2 cm³/mol. The van der Waals surface area contributed by atoms with E-state index in [-0.39, 0.29) is 13.2 Å². The van der Waals surface area contributed by atoms with E-state index >= 15 is 0 Å². The summed E-state index contributed by atoms with van der Waals surface area (Å²) in [5, 5.41) is 0. The molecule has 9 nitrogen and oxygen atoms in total. The van der Waals surface area contributed by atoms with Crippen LogP contribution in [0.25, 0.3) is 0 Å². The molecule has 0 fully saturated rings. The van der Waals surface area contributed by atoms with Crippen LogP contribution in [0, 0.1) is 0 Å². The van der Waals surface area contributed by atoms with Crippen LogP contribution in [0.3, 0.4) is 0 Å². The third-order valence-corrected chi connectivity index (χ3v) is 3.12. The van der Waals surface area contributed by atoms with Gasteiger partial charge < -0.3 is 28.4 Å². The van der Waals surface area contributed by atoms with Crippen molar-refractivity contribution in [2.75, 3.05) is 34.5 Å². The van der Waals surface area contributed by atoms with Crippen LogP contribution in [0.15, 0.2) is 0 Å². The van der Waals surface area contributed by atoms with Crippen LogP contribution in [0.4, 0.5) is 0 Å². The third-order valence-electron chi connectivity index (χ3n) is 3.12. The van der Waals surface area contributed by atoms with Gasteiger partial charge in [-0.1, -0.05) is 0 Å². The highest BCUT2D eigenvalue weighted by atomic mass is 16.6. The lowest BCUT2D eigenvalue weighted by atomic mass is 10.0. The summed E-state index contributed by atoms with van der Waals surface area (Å²) in [5.74, 6) is -1.57. The highest BCUT2D eigenvalue weighted by molar-refractivity contribution is 5.67. The van der Waals surface area contributed by atoms with Crippen molar-refractivity contribution in [3.05, 3.63) is 0 Å². The molecule has 4 atom stereocenters. The Morgan fingerprint density at radius 2 is 1.08 bits per heavy atom. The SMILES string of the molecule is CO[C@H]([C@H](OC)[C@@H](COC(C)=O)OC(C)=O)[C@H](COC(C)=O)OC. The summed E-state index contributed by atoms with van der Waals surface area (Å²) in [4.78, 5) is 33.4. The maximum absolute atomic E-state index is 11.3. The van der Waals surface area contributed by atoms with Gasteiger partial charge in [0, 0.05) is 42.1 Å². The highest BCUT2D eigenvalue weighted by Gasteiger charge is 2.38. The molecule has 0 bridgehead atoms. The molecule has 0 spiro atoms. The smallest absolute Gasteiger partial charge is 0.303 e. The molecule has 0 saturated carbocycles. The van der Waals surface area contributed by atoms with Crippen LogP contribution in [0.1, 0.15) is 20.8 Å². The molecule has 24 heavy (non-hydrogen) atoms. The van der Waals surface area contributed by atoms with Gasteiger partial charge in [0.15, 0.2) is 6.10 Å². The Bertz CT molecular complexity index is 410. The van der Waals surface area contributed by atoms with E-state index < -0.39 is 42.3 Å². The molecular formula is C15H26O9. The summed E-state index contributed by atoms with van der Waals surface area (Å²) in [5.41, 5.74) is 0. The molecule has 0 aliphatic heterocycles. The standard InChI is InChI=1S/C15H26O9/c1-9(16)22-7-12(19-4)14(20-5)15(21-6)13(24-11(3)18)8-23-10(2)17/h12-15H,7-8H2,1-6H3/t12-,13+,14-,15+/m0/s1. The molecule has 9 heteroatoms. The quantitative estimate of drug-likeness (QED) is 0.378. The molecule has 0 aromatic carbocycles. The van der Waals surface area contributed by atoms with Gasteiger partial charge in [-0.25, -0.2) is 0 Å². The van der Waals surface area contributed by atoms with Crippen LogP contribution >= 0.6 is 0 Å². The Labute approximate surface area is 141 Å². The first kappa shape index (κ1) is 22.3. The molecule has 0 unspecified atom stereocenters. The van der Waals surface area contributed by atoms with Crippen LogP contribution in [-0.4, -0.2) is 76.9 Å². The first-order valence-corrected chi connectivity index (χ1v) is 7.29. The van der Waals surface area contributed by atoms with Gasteiger partial charge in [0.25, 0.3) is 0 Å². The lowest BCUT2D eigenvalue weighted by Crippen LogP contribution is -2.52. The Morgan fingerprint density at radius 3 is 1.42 bits per heavy atom. The Kier molecular flexibility index (Phi) is 10.9. The second-order valence-corrected chi connectivity index (χ2v) is 4.93. The average molecular weight is 350 g/mol. The average Bonchev–Trinajstić information content (AvgIpc) is 2.50. The zero-order valence-corrected chi connectivity index (χ0v) is 14.9. The maximum atomic E-state index is 11.3. The lowest BCUT2D eigenvalue weighted by Gasteiger charge is -2.34. The number of carbonyl (C=O) groups excluding carboxylic acids is 3. The zero-order chi connectivity index (χ0) is 18.7. The fraction of sp³-hybridized carbons (Fsp3) is 0.800. The number of ether oxygens (including phenoxy) is 6. The molecule has 0 amide bonds. The van der Waals surface area contributed by atoms with Crippen LogP contribution in [-0.2, 0) is 42.8 Å². The van der Waals surface area contributed by atoms with E-state index in [1.807, 2.05) is 0 Å². The minimum atomic E-state index is -0.920. The minimum absolute atomic E-state index is 0.0788. The molecule has 140 valence electrons. The van der Waals surface area contributed by atoms with Gasteiger partial charge in [-0.2, -0.15) is 0 Å². The number of methoxy groups -OCH3 is 3. The fourth-order valence-electron chi connectivity index (χ4n) is 2.10. The van der Waals surface area contributed by atoms with Crippen molar-refractivity contribution in [3.63, 3.8) is 0 Å². The van der Waals surface area contributed by atoms with E-state index in [0.717, 1.165) is 0 Å². The summed E-state index contributed by atoms with van der Waals surface area (Å²) in [6, 6.07) is 0. The van der Waals surface area contributed by atoms with Gasteiger partial charge in [-0.15, -0.1) is 0 Å². The van der Waals surface area contributed by atoms with Gasteiger partial charge in [0.1, 0.15) is 31.5 Å². The van der Waals surface area contributed by atoms with Crippen molar-refractivity contribution < 1.29 is 42.8 Å². The lowest BCUT2D eigenvalue weighted by molar-refractivity contribution is -0.188. The van der Waals surface area contributed by atoms with Crippen LogP contribution in [0.2, 0.25) is 0 Å². The molecule has 0 saturated heterocycles. The summed E-state index contributed by atoms with van der Waals surface area (Å²) in [7, 11) is 4.21. The van der Waals surface area contributed by atoms with Crippen molar-refractivity contribution in [3.8, 4) is 0 Å². The number of esters is 3. The Hall–Kier alpha value is -1.71. The van der Waals surface area contributed by atoms with Crippen molar-refractivity contribution in [1.29, 1.82) is 0 Å². The van der Waals surface area contributed by atoms with Crippen molar-refractivity contribution >= 4 is 17.9 Å². The molecule has 0 rings (SSSR count). The van der Waals surface area contributed by atoms with Gasteiger partial charge in [0.2, 0.25) is 0 Å². The fourth-order valence-corrected chi connectivity index (χ4v) is 2.10. The van der Waals surface area contributed by atoms with Crippen molar-refractivity contribution in [2.24, 2.45) is 0 Å². The molecule has 0 aliphatic rings. The molecule has 0 aliphatic carbocycles. The molecule has 0 aromatic heterocycles. The van der Waals surface area contributed by atoms with E-state index in [0.29, 0.717) is 0 Å². The number of hydrogen-bond donors (Lipinski definition) is 0. The zero-order valence-electron chi connectivity index (χ0n) is 14.9. The number of rotatable bonds is 11. The van der Waals surface area contributed by atoms with Crippen LogP contribution in [0.5, 0.6) is 0 Å². The summed E-state index contributed by atoms with van der Waals surface area (Å²) in [6.07, 6.45) is -3.17. The van der Waals surface area contributed by atoms with Crippen molar-refractivity contribution in [1.82, 2.24) is 0 Å². The first-order valence-electron chi connectivity index (χ1n) is 7.29. The topological polar surface area (TPSA) is 107 Å². The second-order valence-electron chi connectivity index (χ2n) is 4.93. The normalized spacial score (nSPS) is 15.8. The van der Waals surface area contributed by atoms with E-state index in [4.69, 9.17) is 28.4 Å². The summed E-state index contributed by atoms with van der Waals surface area (Å²) >= 11 is 0. The van der Waals surface area contributed by atoms with Gasteiger partial charge in [-0.3, -0.25) is 14.4 Å².